The van der Waals surface area contributed by atoms with Crippen LogP contribution in [0.3, 0.4) is 0 Å². The van der Waals surface area contributed by atoms with Gasteiger partial charge in [-0.1, -0.05) is 0 Å². The fourth-order valence-corrected chi connectivity index (χ4v) is 2.02. The largest absolute Gasteiger partial charge is 0.505 e. The van der Waals surface area contributed by atoms with E-state index < -0.39 is 5.91 Å². The molecule has 0 atom stereocenters. The van der Waals surface area contributed by atoms with Crippen LogP contribution in [-0.2, 0) is 6.54 Å². The molecule has 0 radical (unpaired) electrons. The summed E-state index contributed by atoms with van der Waals surface area (Å²) < 4.78 is 0. The molecule has 2 aromatic rings. The van der Waals surface area contributed by atoms with E-state index in [0.717, 1.165) is 9.88 Å². The molecular weight excluding hydrogens is 238 g/mol. The van der Waals surface area contributed by atoms with Crippen LogP contribution in [0.5, 0.6) is 5.75 Å². The normalized spacial score (nSPS) is 10.2. The molecule has 6 heteroatoms. The van der Waals surface area contributed by atoms with Crippen LogP contribution in [0.25, 0.3) is 0 Å². The van der Waals surface area contributed by atoms with Crippen LogP contribution in [0.2, 0.25) is 0 Å². The Hall–Kier alpha value is -1.95. The maximum absolute atomic E-state index is 11.7. The van der Waals surface area contributed by atoms with Gasteiger partial charge in [0.15, 0.2) is 5.69 Å². The lowest BCUT2D eigenvalue weighted by atomic mass is 10.3. The fraction of sp³-hybridized carbons (Fsp3) is 0.182. The van der Waals surface area contributed by atoms with Crippen LogP contribution in [0, 0.1) is 6.92 Å². The van der Waals surface area contributed by atoms with E-state index in [1.165, 1.54) is 23.6 Å². The summed E-state index contributed by atoms with van der Waals surface area (Å²) in [5, 5.41) is 12.9. The summed E-state index contributed by atoms with van der Waals surface area (Å²) in [6, 6.07) is 2.99. The van der Waals surface area contributed by atoms with E-state index in [1.807, 2.05) is 6.92 Å². The summed E-state index contributed by atoms with van der Waals surface area (Å²) in [6.07, 6.45) is 3.21. The Labute approximate surface area is 102 Å². The third kappa shape index (κ3) is 2.79. The maximum atomic E-state index is 11.7. The highest BCUT2D eigenvalue weighted by molar-refractivity contribution is 7.11. The molecular formula is C11H11N3O2S. The van der Waals surface area contributed by atoms with E-state index in [-0.39, 0.29) is 11.4 Å². The Kier molecular flexibility index (Phi) is 3.34. The van der Waals surface area contributed by atoms with Gasteiger partial charge in [-0.25, -0.2) is 9.97 Å². The lowest BCUT2D eigenvalue weighted by molar-refractivity contribution is 0.0943. The Morgan fingerprint density at radius 1 is 1.53 bits per heavy atom. The van der Waals surface area contributed by atoms with Gasteiger partial charge in [0.1, 0.15) is 10.8 Å². The second kappa shape index (κ2) is 4.92. The van der Waals surface area contributed by atoms with Gasteiger partial charge >= 0.3 is 0 Å². The number of hydrogen-bond acceptors (Lipinski definition) is 5. The van der Waals surface area contributed by atoms with Crippen molar-refractivity contribution < 1.29 is 9.90 Å². The van der Waals surface area contributed by atoms with Crippen LogP contribution in [-0.4, -0.2) is 21.0 Å². The van der Waals surface area contributed by atoms with Gasteiger partial charge in [-0.3, -0.25) is 4.79 Å². The second-order valence-corrected chi connectivity index (χ2v) is 4.74. The van der Waals surface area contributed by atoms with Gasteiger partial charge in [0.05, 0.1) is 6.54 Å². The number of thiazole rings is 1. The number of aromatic nitrogens is 2. The zero-order chi connectivity index (χ0) is 12.3. The molecule has 17 heavy (non-hydrogen) atoms. The summed E-state index contributed by atoms with van der Waals surface area (Å²) in [4.78, 5) is 20.7. The van der Waals surface area contributed by atoms with Crippen LogP contribution in [0.15, 0.2) is 24.5 Å². The Balaban J connectivity index is 2.01. The molecule has 1 amide bonds. The standard InChI is InChI=1S/C11H11N3O2S/c1-7-5-13-9(17-7)6-14-11(16)10-8(15)3-2-4-12-10/h2-5,15H,6H2,1H3,(H,14,16). The SMILES string of the molecule is Cc1cnc(CNC(=O)c2ncccc2O)s1. The highest BCUT2D eigenvalue weighted by Gasteiger charge is 2.12. The minimum atomic E-state index is -0.407. The Bertz CT molecular complexity index is 539. The predicted octanol–water partition coefficient (Wildman–Crippen LogP) is 1.48. The molecule has 0 aliphatic carbocycles. The van der Waals surface area contributed by atoms with Crippen molar-refractivity contribution in [1.29, 1.82) is 0 Å². The van der Waals surface area contributed by atoms with Crippen molar-refractivity contribution in [2.24, 2.45) is 0 Å². The zero-order valence-corrected chi connectivity index (χ0v) is 9.99. The van der Waals surface area contributed by atoms with E-state index in [2.05, 4.69) is 15.3 Å². The maximum Gasteiger partial charge on any atom is 0.274 e. The first-order valence-electron chi connectivity index (χ1n) is 5.00. The summed E-state index contributed by atoms with van der Waals surface area (Å²) in [5.74, 6) is -0.531. The molecule has 0 bridgehead atoms. The molecule has 0 aliphatic rings. The third-order valence-electron chi connectivity index (χ3n) is 2.07. The van der Waals surface area contributed by atoms with E-state index in [1.54, 1.807) is 12.3 Å². The van der Waals surface area contributed by atoms with Crippen molar-refractivity contribution in [3.63, 3.8) is 0 Å². The summed E-state index contributed by atoms with van der Waals surface area (Å²) in [5.41, 5.74) is 0.0285. The summed E-state index contributed by atoms with van der Waals surface area (Å²) in [7, 11) is 0. The number of hydrogen-bond donors (Lipinski definition) is 2. The van der Waals surface area contributed by atoms with E-state index >= 15 is 0 Å². The highest BCUT2D eigenvalue weighted by atomic mass is 32.1. The van der Waals surface area contributed by atoms with Crippen LogP contribution in [0.1, 0.15) is 20.4 Å². The quantitative estimate of drug-likeness (QED) is 0.864. The molecule has 0 saturated heterocycles. The number of nitrogens with zero attached hydrogens (tertiary/aromatic N) is 2. The van der Waals surface area contributed by atoms with Crippen molar-refractivity contribution in [2.45, 2.75) is 13.5 Å². The van der Waals surface area contributed by atoms with Gasteiger partial charge < -0.3 is 10.4 Å². The lowest BCUT2D eigenvalue weighted by Crippen LogP contribution is -2.23. The van der Waals surface area contributed by atoms with Crippen molar-refractivity contribution >= 4 is 17.2 Å². The first-order chi connectivity index (χ1) is 8.16. The number of aromatic hydroxyl groups is 1. The topological polar surface area (TPSA) is 75.1 Å². The molecule has 0 saturated carbocycles. The molecule has 0 aliphatic heterocycles. The van der Waals surface area contributed by atoms with E-state index in [4.69, 9.17) is 0 Å². The van der Waals surface area contributed by atoms with Crippen molar-refractivity contribution in [1.82, 2.24) is 15.3 Å². The summed E-state index contributed by atoms with van der Waals surface area (Å²) >= 11 is 1.52. The number of aryl methyl sites for hydroxylation is 1. The number of nitrogens with one attached hydrogen (secondary N) is 1. The molecule has 2 N–H and O–H groups in total. The predicted molar refractivity (Wildman–Crippen MR) is 63.9 cm³/mol. The fourth-order valence-electron chi connectivity index (χ4n) is 1.29. The van der Waals surface area contributed by atoms with E-state index in [9.17, 15) is 9.90 Å². The molecule has 0 spiro atoms. The highest BCUT2D eigenvalue weighted by Crippen LogP contribution is 2.13. The molecule has 5 nitrogen and oxygen atoms in total. The lowest BCUT2D eigenvalue weighted by Gasteiger charge is -2.03. The molecule has 0 fully saturated rings. The molecule has 2 rings (SSSR count). The number of carbonyl (C=O) groups is 1. The molecule has 2 aromatic heterocycles. The first-order valence-corrected chi connectivity index (χ1v) is 5.82. The van der Waals surface area contributed by atoms with E-state index in [0.29, 0.717) is 6.54 Å². The van der Waals surface area contributed by atoms with Crippen molar-refractivity contribution in [3.8, 4) is 5.75 Å². The van der Waals surface area contributed by atoms with Gasteiger partial charge in [-0.2, -0.15) is 0 Å². The van der Waals surface area contributed by atoms with Crippen LogP contribution >= 0.6 is 11.3 Å². The van der Waals surface area contributed by atoms with Gasteiger partial charge in [-0.15, -0.1) is 11.3 Å². The van der Waals surface area contributed by atoms with Gasteiger partial charge in [0, 0.05) is 17.3 Å². The molecule has 0 aromatic carbocycles. The Morgan fingerprint density at radius 2 is 2.35 bits per heavy atom. The second-order valence-electron chi connectivity index (χ2n) is 3.42. The smallest absolute Gasteiger partial charge is 0.274 e. The monoisotopic (exact) mass is 249 g/mol. The molecule has 0 unspecified atom stereocenters. The number of pyridine rings is 1. The van der Waals surface area contributed by atoms with Gasteiger partial charge in [0.25, 0.3) is 5.91 Å². The van der Waals surface area contributed by atoms with Gasteiger partial charge in [-0.05, 0) is 19.1 Å². The summed E-state index contributed by atoms with van der Waals surface area (Å²) in [6.45, 7) is 2.29. The minimum Gasteiger partial charge on any atom is -0.505 e. The van der Waals surface area contributed by atoms with Crippen LogP contribution < -0.4 is 5.32 Å². The molecule has 2 heterocycles. The molecule has 88 valence electrons. The zero-order valence-electron chi connectivity index (χ0n) is 9.17. The van der Waals surface area contributed by atoms with Crippen LogP contribution in [0.4, 0.5) is 0 Å². The third-order valence-corrected chi connectivity index (χ3v) is 2.98. The van der Waals surface area contributed by atoms with Crippen molar-refractivity contribution in [3.05, 3.63) is 40.1 Å². The van der Waals surface area contributed by atoms with Gasteiger partial charge in [0.2, 0.25) is 0 Å². The van der Waals surface area contributed by atoms with Crippen molar-refractivity contribution in [2.75, 3.05) is 0 Å². The minimum absolute atomic E-state index is 0.0285. The first kappa shape index (κ1) is 11.5. The number of rotatable bonds is 3. The number of carbonyl (C=O) groups excluding carboxylic acids is 1. The average molecular weight is 249 g/mol. The average Bonchev–Trinajstić information content (AvgIpc) is 2.73. The number of amides is 1. The Morgan fingerprint density at radius 3 is 3.00 bits per heavy atom.